The first-order valence-electron chi connectivity index (χ1n) is 7.39. The Balaban J connectivity index is 1.90. The molecule has 2 aromatic rings. The molecule has 26 heavy (non-hydrogen) atoms. The Kier molecular flexibility index (Phi) is 5.06. The average molecular weight is 395 g/mol. The molecule has 0 bridgehead atoms. The summed E-state index contributed by atoms with van der Waals surface area (Å²) < 4.78 is 44.0. The Labute approximate surface area is 157 Å². The van der Waals surface area contributed by atoms with E-state index in [9.17, 15) is 18.0 Å². The van der Waals surface area contributed by atoms with E-state index < -0.39 is 17.6 Å². The molecule has 0 atom stereocenters. The molecule has 0 aromatic heterocycles. The van der Waals surface area contributed by atoms with Crippen molar-refractivity contribution in [3.8, 4) is 5.75 Å². The van der Waals surface area contributed by atoms with E-state index in [0.717, 1.165) is 34.4 Å². The number of hydrogen-bond acceptors (Lipinski definition) is 4. The summed E-state index contributed by atoms with van der Waals surface area (Å²) in [6.45, 7) is 0. The standard InChI is InChI=1S/C18H12F3NO2S2/c1-24-14-7-5-11(6-8-14)9-15-16(23)22(17(25)26-15)13-4-2-3-12(10-13)18(19,20)21/h2-10H,1H3/b15-9-. The monoisotopic (exact) mass is 395 g/mol. The van der Waals surface area contributed by atoms with Crippen LogP contribution in [0.25, 0.3) is 6.08 Å². The maximum absolute atomic E-state index is 12.9. The molecule has 0 spiro atoms. The summed E-state index contributed by atoms with van der Waals surface area (Å²) in [4.78, 5) is 14.1. The molecule has 1 saturated heterocycles. The molecule has 0 saturated carbocycles. The quantitative estimate of drug-likeness (QED) is 0.533. The van der Waals surface area contributed by atoms with Gasteiger partial charge in [-0.1, -0.05) is 42.2 Å². The van der Waals surface area contributed by atoms with Crippen molar-refractivity contribution in [3.05, 3.63) is 64.6 Å². The largest absolute Gasteiger partial charge is 0.497 e. The number of carbonyl (C=O) groups is 1. The number of thioether (sulfide) groups is 1. The summed E-state index contributed by atoms with van der Waals surface area (Å²) in [6.07, 6.45) is -2.85. The molecule has 3 nitrogen and oxygen atoms in total. The molecule has 1 heterocycles. The Bertz CT molecular complexity index is 892. The van der Waals surface area contributed by atoms with Gasteiger partial charge in [-0.3, -0.25) is 9.69 Å². The van der Waals surface area contributed by atoms with Gasteiger partial charge in [0.25, 0.3) is 5.91 Å². The van der Waals surface area contributed by atoms with Crippen LogP contribution in [-0.4, -0.2) is 17.3 Å². The van der Waals surface area contributed by atoms with Crippen molar-refractivity contribution in [2.75, 3.05) is 12.0 Å². The van der Waals surface area contributed by atoms with Gasteiger partial charge in [0.2, 0.25) is 0 Å². The van der Waals surface area contributed by atoms with E-state index in [1.54, 1.807) is 37.5 Å². The summed E-state index contributed by atoms with van der Waals surface area (Å²) in [7, 11) is 1.55. The van der Waals surface area contributed by atoms with Gasteiger partial charge in [0, 0.05) is 0 Å². The highest BCUT2D eigenvalue weighted by Crippen LogP contribution is 2.38. The van der Waals surface area contributed by atoms with Gasteiger partial charge < -0.3 is 4.74 Å². The van der Waals surface area contributed by atoms with E-state index in [-0.39, 0.29) is 10.0 Å². The van der Waals surface area contributed by atoms with E-state index in [0.29, 0.717) is 10.7 Å². The lowest BCUT2D eigenvalue weighted by molar-refractivity contribution is -0.137. The molecule has 134 valence electrons. The van der Waals surface area contributed by atoms with E-state index in [2.05, 4.69) is 0 Å². The fourth-order valence-electron chi connectivity index (χ4n) is 2.36. The van der Waals surface area contributed by atoms with E-state index in [4.69, 9.17) is 17.0 Å². The van der Waals surface area contributed by atoms with Crippen LogP contribution < -0.4 is 9.64 Å². The number of ether oxygens (including phenoxy) is 1. The van der Waals surface area contributed by atoms with Crippen LogP contribution in [-0.2, 0) is 11.0 Å². The highest BCUT2D eigenvalue weighted by molar-refractivity contribution is 8.27. The second-order valence-electron chi connectivity index (χ2n) is 5.34. The van der Waals surface area contributed by atoms with Gasteiger partial charge in [0.15, 0.2) is 4.32 Å². The zero-order valence-corrected chi connectivity index (χ0v) is 15.0. The number of nitrogens with zero attached hydrogens (tertiary/aromatic N) is 1. The number of halogens is 3. The maximum Gasteiger partial charge on any atom is 0.416 e. The van der Waals surface area contributed by atoms with Gasteiger partial charge in [0.05, 0.1) is 23.3 Å². The maximum atomic E-state index is 12.9. The summed E-state index contributed by atoms with van der Waals surface area (Å²) in [5, 5.41) is 0. The van der Waals surface area contributed by atoms with E-state index in [1.807, 2.05) is 0 Å². The van der Waals surface area contributed by atoms with Crippen LogP contribution in [0.4, 0.5) is 18.9 Å². The SMILES string of the molecule is COc1ccc(/C=C2\SC(=S)N(c3cccc(C(F)(F)F)c3)C2=O)cc1. The third-order valence-corrected chi connectivity index (χ3v) is 4.94. The predicted octanol–water partition coefficient (Wildman–Crippen LogP) is 5.12. The number of rotatable bonds is 3. The fraction of sp³-hybridized carbons (Fsp3) is 0.111. The molecule has 1 fully saturated rings. The molecule has 1 aliphatic heterocycles. The number of anilines is 1. The molecule has 3 rings (SSSR count). The van der Waals surface area contributed by atoms with Crippen LogP contribution in [0.1, 0.15) is 11.1 Å². The van der Waals surface area contributed by atoms with Gasteiger partial charge in [0.1, 0.15) is 5.75 Å². The zero-order valence-electron chi connectivity index (χ0n) is 13.4. The van der Waals surface area contributed by atoms with Crippen molar-refractivity contribution in [2.45, 2.75) is 6.18 Å². The number of hydrogen-bond donors (Lipinski definition) is 0. The summed E-state index contributed by atoms with van der Waals surface area (Å²) >= 11 is 6.25. The number of alkyl halides is 3. The van der Waals surface area contributed by atoms with Crippen molar-refractivity contribution in [1.29, 1.82) is 0 Å². The van der Waals surface area contributed by atoms with Crippen LogP contribution in [0.5, 0.6) is 5.75 Å². The van der Waals surface area contributed by atoms with Crippen LogP contribution >= 0.6 is 24.0 Å². The molecule has 8 heteroatoms. The predicted molar refractivity (Wildman–Crippen MR) is 100 cm³/mol. The normalized spacial score (nSPS) is 16.5. The lowest BCUT2D eigenvalue weighted by Crippen LogP contribution is -2.27. The van der Waals surface area contributed by atoms with Gasteiger partial charge in [-0.2, -0.15) is 13.2 Å². The first kappa shape index (κ1) is 18.5. The van der Waals surface area contributed by atoms with Crippen LogP contribution in [0.2, 0.25) is 0 Å². The topological polar surface area (TPSA) is 29.5 Å². The third-order valence-electron chi connectivity index (χ3n) is 3.64. The highest BCUT2D eigenvalue weighted by atomic mass is 32.2. The second kappa shape index (κ2) is 7.13. The first-order valence-corrected chi connectivity index (χ1v) is 8.61. The number of carbonyl (C=O) groups excluding carboxylic acids is 1. The molecular formula is C18H12F3NO2S2. The molecule has 0 unspecified atom stereocenters. The van der Waals surface area contributed by atoms with Gasteiger partial charge in [-0.05, 0) is 42.0 Å². The van der Waals surface area contributed by atoms with Gasteiger partial charge in [-0.15, -0.1) is 0 Å². The molecule has 2 aromatic carbocycles. The smallest absolute Gasteiger partial charge is 0.416 e. The zero-order chi connectivity index (χ0) is 18.9. The van der Waals surface area contributed by atoms with Crippen molar-refractivity contribution in [1.82, 2.24) is 0 Å². The molecule has 1 amide bonds. The number of amides is 1. The lowest BCUT2D eigenvalue weighted by atomic mass is 10.1. The fourth-order valence-corrected chi connectivity index (χ4v) is 3.66. The molecule has 0 radical (unpaired) electrons. The summed E-state index contributed by atoms with van der Waals surface area (Å²) in [6, 6.07) is 11.6. The summed E-state index contributed by atoms with van der Waals surface area (Å²) in [5.74, 6) is 0.230. The minimum absolute atomic E-state index is 0.0976. The summed E-state index contributed by atoms with van der Waals surface area (Å²) in [5.41, 5.74) is 0.0268. The minimum Gasteiger partial charge on any atom is -0.497 e. The van der Waals surface area contributed by atoms with Crippen LogP contribution in [0.3, 0.4) is 0 Å². The average Bonchev–Trinajstić information content (AvgIpc) is 2.88. The van der Waals surface area contributed by atoms with Crippen LogP contribution in [0, 0.1) is 0 Å². The van der Waals surface area contributed by atoms with Gasteiger partial charge >= 0.3 is 6.18 Å². The lowest BCUT2D eigenvalue weighted by Gasteiger charge is -2.16. The Morgan fingerprint density at radius 2 is 1.85 bits per heavy atom. The van der Waals surface area contributed by atoms with Crippen molar-refractivity contribution in [3.63, 3.8) is 0 Å². The van der Waals surface area contributed by atoms with Crippen molar-refractivity contribution in [2.24, 2.45) is 0 Å². The van der Waals surface area contributed by atoms with Crippen molar-refractivity contribution >= 4 is 46.0 Å². The van der Waals surface area contributed by atoms with Gasteiger partial charge in [-0.25, -0.2) is 0 Å². The van der Waals surface area contributed by atoms with Crippen LogP contribution in [0.15, 0.2) is 53.4 Å². The second-order valence-corrected chi connectivity index (χ2v) is 7.01. The van der Waals surface area contributed by atoms with Crippen molar-refractivity contribution < 1.29 is 22.7 Å². The molecule has 0 N–H and O–H groups in total. The number of benzene rings is 2. The Morgan fingerprint density at radius 1 is 1.15 bits per heavy atom. The third kappa shape index (κ3) is 3.76. The Hall–Kier alpha value is -2.32. The van der Waals surface area contributed by atoms with E-state index in [1.165, 1.54) is 12.1 Å². The first-order chi connectivity index (χ1) is 12.3. The minimum atomic E-state index is -4.49. The van der Waals surface area contributed by atoms with E-state index >= 15 is 0 Å². The molecule has 0 aliphatic carbocycles. The number of methoxy groups -OCH3 is 1. The molecular weight excluding hydrogens is 383 g/mol. The number of thiocarbonyl (C=S) groups is 1. The highest BCUT2D eigenvalue weighted by Gasteiger charge is 2.36. The Morgan fingerprint density at radius 3 is 2.46 bits per heavy atom. The molecule has 1 aliphatic rings.